The van der Waals surface area contributed by atoms with Crippen molar-refractivity contribution in [3.63, 3.8) is 0 Å². The van der Waals surface area contributed by atoms with Crippen LogP contribution in [0.2, 0.25) is 0 Å². The molecule has 2 rings (SSSR count). The summed E-state index contributed by atoms with van der Waals surface area (Å²) in [5, 5.41) is 0. The quantitative estimate of drug-likeness (QED) is 0.871. The van der Waals surface area contributed by atoms with E-state index in [2.05, 4.69) is 4.72 Å². The molecule has 124 valence electrons. The number of hydrogen-bond acceptors (Lipinski definition) is 3. The van der Waals surface area contributed by atoms with Gasteiger partial charge in [0.15, 0.2) is 0 Å². The second-order valence-corrected chi connectivity index (χ2v) is 7.63. The predicted molar refractivity (Wildman–Crippen MR) is 80.2 cm³/mol. The summed E-state index contributed by atoms with van der Waals surface area (Å²) in [6.45, 7) is 1.83. The Morgan fingerprint density at radius 1 is 1.18 bits per heavy atom. The summed E-state index contributed by atoms with van der Waals surface area (Å²) in [4.78, 5) is 0. The highest BCUT2D eigenvalue weighted by Crippen LogP contribution is 2.26. The Morgan fingerprint density at radius 2 is 1.82 bits per heavy atom. The Labute approximate surface area is 129 Å². The van der Waals surface area contributed by atoms with E-state index >= 15 is 0 Å². The van der Waals surface area contributed by atoms with Gasteiger partial charge in [-0.1, -0.05) is 12.8 Å². The summed E-state index contributed by atoms with van der Waals surface area (Å²) < 4.78 is 57.9. The Morgan fingerprint density at radius 3 is 2.45 bits per heavy atom. The smallest absolute Gasteiger partial charge is 0.211 e. The minimum Gasteiger partial charge on any atom is -0.493 e. The SMILES string of the molecule is CCS(=O)(=O)N[C@H]1CCCC[C@@H]1COc1cc(F)cc(F)c1. The van der Waals surface area contributed by atoms with Crippen molar-refractivity contribution >= 4 is 10.0 Å². The van der Waals surface area contributed by atoms with E-state index in [9.17, 15) is 17.2 Å². The fraction of sp³-hybridized carbons (Fsp3) is 0.600. The van der Waals surface area contributed by atoms with E-state index in [0.717, 1.165) is 43.9 Å². The molecule has 1 aliphatic rings. The maximum Gasteiger partial charge on any atom is 0.211 e. The molecule has 1 N–H and O–H groups in total. The van der Waals surface area contributed by atoms with Crippen LogP contribution in [0, 0.1) is 17.6 Å². The molecule has 0 saturated heterocycles. The Balaban J connectivity index is 1.99. The lowest BCUT2D eigenvalue weighted by molar-refractivity contribution is 0.179. The average molecular weight is 333 g/mol. The zero-order valence-electron chi connectivity index (χ0n) is 12.5. The molecule has 0 bridgehead atoms. The van der Waals surface area contributed by atoms with Crippen LogP contribution >= 0.6 is 0 Å². The van der Waals surface area contributed by atoms with E-state index < -0.39 is 21.7 Å². The van der Waals surface area contributed by atoms with Crippen LogP contribution in [0.4, 0.5) is 8.78 Å². The molecule has 7 heteroatoms. The average Bonchev–Trinajstić information content (AvgIpc) is 2.45. The highest BCUT2D eigenvalue weighted by molar-refractivity contribution is 7.89. The van der Waals surface area contributed by atoms with Crippen LogP contribution in [-0.4, -0.2) is 26.8 Å². The van der Waals surface area contributed by atoms with Gasteiger partial charge in [0.1, 0.15) is 17.4 Å². The molecule has 4 nitrogen and oxygen atoms in total. The van der Waals surface area contributed by atoms with Crippen molar-refractivity contribution in [2.45, 2.75) is 38.6 Å². The molecule has 22 heavy (non-hydrogen) atoms. The third kappa shape index (κ3) is 4.91. The van der Waals surface area contributed by atoms with Crippen LogP contribution in [0.25, 0.3) is 0 Å². The maximum absolute atomic E-state index is 13.1. The zero-order chi connectivity index (χ0) is 16.2. The summed E-state index contributed by atoms with van der Waals surface area (Å²) in [5.41, 5.74) is 0. The second-order valence-electron chi connectivity index (χ2n) is 5.59. The topological polar surface area (TPSA) is 55.4 Å². The van der Waals surface area contributed by atoms with Crippen molar-refractivity contribution in [1.29, 1.82) is 0 Å². The van der Waals surface area contributed by atoms with Crippen molar-refractivity contribution in [3.8, 4) is 5.75 Å². The van der Waals surface area contributed by atoms with Crippen LogP contribution in [0.1, 0.15) is 32.6 Å². The first-order valence-corrected chi connectivity index (χ1v) is 9.14. The van der Waals surface area contributed by atoms with E-state index in [-0.39, 0.29) is 30.1 Å². The molecule has 2 atom stereocenters. The van der Waals surface area contributed by atoms with E-state index in [1.54, 1.807) is 6.92 Å². The standard InChI is InChI=1S/C15H21F2NO3S/c1-2-22(19,20)18-15-6-4-3-5-11(15)10-21-14-8-12(16)7-13(17)9-14/h7-9,11,15,18H,2-6,10H2,1H3/t11-,15+/m1/s1. The summed E-state index contributed by atoms with van der Waals surface area (Å²) in [7, 11) is -3.27. The second kappa shape index (κ2) is 7.37. The van der Waals surface area contributed by atoms with Gasteiger partial charge in [-0.05, 0) is 19.8 Å². The lowest BCUT2D eigenvalue weighted by Crippen LogP contribution is -2.44. The normalized spacial score (nSPS) is 22.5. The first kappa shape index (κ1) is 17.1. The lowest BCUT2D eigenvalue weighted by atomic mass is 9.86. The predicted octanol–water partition coefficient (Wildman–Crippen LogP) is 2.84. The van der Waals surface area contributed by atoms with Crippen molar-refractivity contribution < 1.29 is 21.9 Å². The summed E-state index contributed by atoms with van der Waals surface area (Å²) in [5.74, 6) is -1.23. The molecular formula is C15H21F2NO3S. The Bertz CT molecular complexity index is 587. The highest BCUT2D eigenvalue weighted by Gasteiger charge is 2.28. The van der Waals surface area contributed by atoms with Gasteiger partial charge >= 0.3 is 0 Å². The summed E-state index contributed by atoms with van der Waals surface area (Å²) in [6.07, 6.45) is 3.54. The van der Waals surface area contributed by atoms with E-state index in [1.807, 2.05) is 0 Å². The number of hydrogen-bond donors (Lipinski definition) is 1. The van der Waals surface area contributed by atoms with Crippen molar-refractivity contribution in [2.24, 2.45) is 5.92 Å². The minimum atomic E-state index is -3.27. The summed E-state index contributed by atoms with van der Waals surface area (Å²) in [6, 6.07) is 2.84. The third-order valence-electron chi connectivity index (χ3n) is 3.92. The van der Waals surface area contributed by atoms with Gasteiger partial charge in [0.05, 0.1) is 12.4 Å². The minimum absolute atomic E-state index is 0.00130. The number of sulfonamides is 1. The van der Waals surface area contributed by atoms with Gasteiger partial charge in [-0.15, -0.1) is 0 Å². The van der Waals surface area contributed by atoms with E-state index in [0.29, 0.717) is 0 Å². The number of rotatable bonds is 6. The first-order valence-electron chi connectivity index (χ1n) is 7.48. The number of benzene rings is 1. The molecule has 0 spiro atoms. The number of halogens is 2. The lowest BCUT2D eigenvalue weighted by Gasteiger charge is -2.31. The van der Waals surface area contributed by atoms with Crippen molar-refractivity contribution in [1.82, 2.24) is 4.72 Å². The fourth-order valence-corrected chi connectivity index (χ4v) is 3.63. The molecule has 0 aliphatic heterocycles. The molecule has 1 aromatic rings. The van der Waals surface area contributed by atoms with Crippen LogP contribution in [0.15, 0.2) is 18.2 Å². The number of ether oxygens (including phenoxy) is 1. The molecule has 1 aromatic carbocycles. The van der Waals surface area contributed by atoms with Gasteiger partial charge < -0.3 is 4.74 Å². The molecule has 0 amide bonds. The van der Waals surface area contributed by atoms with Gasteiger partial charge in [0.2, 0.25) is 10.0 Å². The molecule has 0 heterocycles. The van der Waals surface area contributed by atoms with Gasteiger partial charge in [0, 0.05) is 30.2 Å². The molecular weight excluding hydrogens is 312 g/mol. The van der Waals surface area contributed by atoms with Gasteiger partial charge in [-0.3, -0.25) is 0 Å². The Hall–Kier alpha value is -1.21. The molecule has 0 aromatic heterocycles. The Kier molecular flexibility index (Phi) is 5.74. The van der Waals surface area contributed by atoms with Crippen molar-refractivity contribution in [3.05, 3.63) is 29.8 Å². The first-order chi connectivity index (χ1) is 10.4. The highest BCUT2D eigenvalue weighted by atomic mass is 32.2. The van der Waals surface area contributed by atoms with E-state index in [4.69, 9.17) is 4.74 Å². The van der Waals surface area contributed by atoms with Gasteiger partial charge in [-0.25, -0.2) is 21.9 Å². The van der Waals surface area contributed by atoms with E-state index in [1.165, 1.54) is 0 Å². The largest absolute Gasteiger partial charge is 0.493 e. The summed E-state index contributed by atoms with van der Waals surface area (Å²) >= 11 is 0. The third-order valence-corrected chi connectivity index (χ3v) is 5.34. The molecule has 1 saturated carbocycles. The molecule has 1 aliphatic carbocycles. The maximum atomic E-state index is 13.1. The van der Waals surface area contributed by atoms with Crippen molar-refractivity contribution in [2.75, 3.05) is 12.4 Å². The fourth-order valence-electron chi connectivity index (χ4n) is 2.69. The monoisotopic (exact) mass is 333 g/mol. The molecule has 0 radical (unpaired) electrons. The molecule has 1 fully saturated rings. The van der Waals surface area contributed by atoms with Gasteiger partial charge in [0.25, 0.3) is 0 Å². The van der Waals surface area contributed by atoms with Crippen LogP contribution in [-0.2, 0) is 10.0 Å². The number of nitrogens with one attached hydrogen (secondary N) is 1. The van der Waals surface area contributed by atoms with Gasteiger partial charge in [-0.2, -0.15) is 0 Å². The van der Waals surface area contributed by atoms with Crippen LogP contribution in [0.5, 0.6) is 5.75 Å². The van der Waals surface area contributed by atoms with Crippen LogP contribution < -0.4 is 9.46 Å². The molecule has 0 unspecified atom stereocenters. The van der Waals surface area contributed by atoms with Crippen LogP contribution in [0.3, 0.4) is 0 Å². The zero-order valence-corrected chi connectivity index (χ0v) is 13.3.